The number of rotatable bonds is 8. The Morgan fingerprint density at radius 2 is 1.72 bits per heavy atom. The summed E-state index contributed by atoms with van der Waals surface area (Å²) in [5, 5.41) is 5.19. The van der Waals surface area contributed by atoms with E-state index in [1.165, 1.54) is 38.5 Å². The summed E-state index contributed by atoms with van der Waals surface area (Å²) in [4.78, 5) is 37.3. The van der Waals surface area contributed by atoms with Crippen molar-refractivity contribution in [3.05, 3.63) is 47.3 Å². The molecule has 2 unspecified atom stereocenters. The van der Waals surface area contributed by atoms with Crippen LogP contribution >= 0.6 is 0 Å². The second-order valence-corrected chi connectivity index (χ2v) is 7.65. The van der Waals surface area contributed by atoms with E-state index in [4.69, 9.17) is 14.2 Å². The van der Waals surface area contributed by atoms with Crippen molar-refractivity contribution in [3.8, 4) is 11.5 Å². The zero-order valence-corrected chi connectivity index (χ0v) is 18.3. The number of carbonyl (C=O) groups is 3. The fourth-order valence-electron chi connectivity index (χ4n) is 3.14. The van der Waals surface area contributed by atoms with Gasteiger partial charge in [-0.25, -0.2) is 9.18 Å². The summed E-state index contributed by atoms with van der Waals surface area (Å²) in [6.45, 7) is 2.97. The Morgan fingerprint density at radius 3 is 2.31 bits per heavy atom. The first-order valence-corrected chi connectivity index (χ1v) is 10.0. The number of anilines is 2. The van der Waals surface area contributed by atoms with Gasteiger partial charge in [-0.15, -0.1) is 0 Å². The average molecular weight is 444 g/mol. The molecule has 2 aromatic rings. The molecule has 1 aliphatic carbocycles. The van der Waals surface area contributed by atoms with Gasteiger partial charge >= 0.3 is 5.97 Å². The Labute approximate surface area is 185 Å². The van der Waals surface area contributed by atoms with Crippen LogP contribution < -0.4 is 20.1 Å². The average Bonchev–Trinajstić information content (AvgIpc) is 3.51. The maximum atomic E-state index is 13.6. The van der Waals surface area contributed by atoms with E-state index in [2.05, 4.69) is 10.6 Å². The molecule has 32 heavy (non-hydrogen) atoms. The van der Waals surface area contributed by atoms with Gasteiger partial charge in [-0.1, -0.05) is 13.0 Å². The molecule has 8 nitrogen and oxygen atoms in total. The lowest BCUT2D eigenvalue weighted by atomic mass is 10.1. The highest BCUT2D eigenvalue weighted by molar-refractivity contribution is 6.04. The van der Waals surface area contributed by atoms with Crippen LogP contribution in [0.4, 0.5) is 15.8 Å². The molecule has 2 aromatic carbocycles. The van der Waals surface area contributed by atoms with Crippen molar-refractivity contribution in [2.75, 3.05) is 31.5 Å². The summed E-state index contributed by atoms with van der Waals surface area (Å²) in [6.07, 6.45) is 0.776. The zero-order valence-electron chi connectivity index (χ0n) is 18.3. The number of methoxy groups -OCH3 is 2. The number of esters is 1. The molecule has 0 heterocycles. The van der Waals surface area contributed by atoms with Gasteiger partial charge in [0.15, 0.2) is 18.1 Å². The molecule has 1 aliphatic rings. The predicted octanol–water partition coefficient (Wildman–Crippen LogP) is 3.54. The summed E-state index contributed by atoms with van der Waals surface area (Å²) in [5.74, 6) is -1.41. The first kappa shape index (κ1) is 23.1. The molecule has 9 heteroatoms. The third kappa shape index (κ3) is 5.35. The minimum Gasteiger partial charge on any atom is -0.493 e. The predicted molar refractivity (Wildman–Crippen MR) is 115 cm³/mol. The maximum Gasteiger partial charge on any atom is 0.340 e. The van der Waals surface area contributed by atoms with Crippen molar-refractivity contribution in [2.24, 2.45) is 11.8 Å². The Hall–Kier alpha value is -3.62. The van der Waals surface area contributed by atoms with Crippen molar-refractivity contribution < 1.29 is 33.0 Å². The van der Waals surface area contributed by atoms with Gasteiger partial charge in [0.2, 0.25) is 5.91 Å². The minimum absolute atomic E-state index is 0.0125. The number of nitrogens with one attached hydrogen (secondary N) is 2. The van der Waals surface area contributed by atoms with Crippen molar-refractivity contribution in [3.63, 3.8) is 0 Å². The second-order valence-electron chi connectivity index (χ2n) is 7.65. The number of benzene rings is 2. The molecule has 1 saturated carbocycles. The van der Waals surface area contributed by atoms with E-state index in [-0.39, 0.29) is 40.4 Å². The van der Waals surface area contributed by atoms with Crippen LogP contribution in [-0.2, 0) is 14.3 Å². The summed E-state index contributed by atoms with van der Waals surface area (Å²) in [5.41, 5.74) is 0.890. The molecule has 2 amide bonds. The molecule has 1 fully saturated rings. The van der Waals surface area contributed by atoms with Crippen LogP contribution in [-0.4, -0.2) is 38.6 Å². The third-order valence-corrected chi connectivity index (χ3v) is 5.24. The molecule has 0 bridgehead atoms. The van der Waals surface area contributed by atoms with E-state index in [0.717, 1.165) is 6.42 Å². The number of ether oxygens (including phenoxy) is 3. The Kier molecular flexibility index (Phi) is 6.97. The van der Waals surface area contributed by atoms with Crippen LogP contribution in [0.3, 0.4) is 0 Å². The standard InChI is InChI=1S/C23H25FN2O6/c1-12-5-6-14(8-17(12)24)25-21(27)11-32-23(29)16-9-19(30-3)20(31-4)10-18(16)26-22(28)15-7-13(15)2/h5-6,8-10,13,15H,7,11H2,1-4H3,(H,25,27)(H,26,28). The van der Waals surface area contributed by atoms with Crippen LogP contribution in [0, 0.1) is 24.6 Å². The molecular weight excluding hydrogens is 419 g/mol. The Bertz CT molecular complexity index is 1060. The van der Waals surface area contributed by atoms with Crippen molar-refractivity contribution >= 4 is 29.2 Å². The van der Waals surface area contributed by atoms with E-state index in [9.17, 15) is 18.8 Å². The molecule has 3 rings (SSSR count). The van der Waals surface area contributed by atoms with Gasteiger partial charge in [0, 0.05) is 23.7 Å². The summed E-state index contributed by atoms with van der Waals surface area (Å²) in [6, 6.07) is 7.08. The summed E-state index contributed by atoms with van der Waals surface area (Å²) >= 11 is 0. The fraction of sp³-hybridized carbons (Fsp3) is 0.348. The lowest BCUT2D eigenvalue weighted by Gasteiger charge is -2.15. The number of halogens is 1. The molecule has 2 N–H and O–H groups in total. The molecule has 0 saturated heterocycles. The minimum atomic E-state index is -0.838. The van der Waals surface area contributed by atoms with Gasteiger partial charge in [0.1, 0.15) is 5.82 Å². The molecule has 0 aliphatic heterocycles. The lowest BCUT2D eigenvalue weighted by molar-refractivity contribution is -0.119. The molecular formula is C23H25FN2O6. The van der Waals surface area contributed by atoms with E-state index in [0.29, 0.717) is 11.3 Å². The molecule has 2 atom stereocenters. The number of hydrogen-bond donors (Lipinski definition) is 2. The largest absolute Gasteiger partial charge is 0.493 e. The van der Waals surface area contributed by atoms with Crippen LogP contribution in [0.2, 0.25) is 0 Å². The fourth-order valence-corrected chi connectivity index (χ4v) is 3.14. The highest BCUT2D eigenvalue weighted by Crippen LogP contribution is 2.40. The zero-order chi connectivity index (χ0) is 23.4. The van der Waals surface area contributed by atoms with Crippen LogP contribution in [0.1, 0.15) is 29.3 Å². The number of hydrogen-bond acceptors (Lipinski definition) is 6. The van der Waals surface area contributed by atoms with Gasteiger partial charge in [-0.3, -0.25) is 9.59 Å². The van der Waals surface area contributed by atoms with Crippen molar-refractivity contribution in [1.29, 1.82) is 0 Å². The van der Waals surface area contributed by atoms with E-state index in [1.807, 2.05) is 6.92 Å². The molecule has 0 radical (unpaired) electrons. The SMILES string of the molecule is COc1cc(NC(=O)C2CC2C)c(C(=O)OCC(=O)Nc2ccc(C)c(F)c2)cc1OC. The van der Waals surface area contributed by atoms with Crippen LogP contribution in [0.25, 0.3) is 0 Å². The normalized spacial score (nSPS) is 16.7. The lowest BCUT2D eigenvalue weighted by Crippen LogP contribution is -2.22. The first-order chi connectivity index (χ1) is 15.2. The number of carbonyl (C=O) groups excluding carboxylic acids is 3. The topological polar surface area (TPSA) is 103 Å². The maximum absolute atomic E-state index is 13.6. The summed E-state index contributed by atoms with van der Waals surface area (Å²) in [7, 11) is 2.84. The van der Waals surface area contributed by atoms with Crippen molar-refractivity contribution in [1.82, 2.24) is 0 Å². The first-order valence-electron chi connectivity index (χ1n) is 10.0. The van der Waals surface area contributed by atoms with Gasteiger partial charge in [0.25, 0.3) is 5.91 Å². The van der Waals surface area contributed by atoms with Gasteiger partial charge < -0.3 is 24.8 Å². The van der Waals surface area contributed by atoms with Crippen molar-refractivity contribution in [2.45, 2.75) is 20.3 Å². The van der Waals surface area contributed by atoms with E-state index < -0.39 is 24.3 Å². The van der Waals surface area contributed by atoms with Gasteiger partial charge in [0.05, 0.1) is 25.5 Å². The Balaban J connectivity index is 1.72. The van der Waals surface area contributed by atoms with Crippen LogP contribution in [0.5, 0.6) is 11.5 Å². The second kappa shape index (κ2) is 9.67. The van der Waals surface area contributed by atoms with Crippen LogP contribution in [0.15, 0.2) is 30.3 Å². The highest BCUT2D eigenvalue weighted by Gasteiger charge is 2.39. The molecule has 0 spiro atoms. The van der Waals surface area contributed by atoms with Gasteiger partial charge in [-0.2, -0.15) is 0 Å². The third-order valence-electron chi connectivity index (χ3n) is 5.24. The smallest absolute Gasteiger partial charge is 0.340 e. The number of aryl methyl sites for hydroxylation is 1. The highest BCUT2D eigenvalue weighted by atomic mass is 19.1. The molecule has 170 valence electrons. The molecule has 0 aromatic heterocycles. The van der Waals surface area contributed by atoms with Gasteiger partial charge in [-0.05, 0) is 37.0 Å². The van der Waals surface area contributed by atoms with E-state index in [1.54, 1.807) is 13.0 Å². The monoisotopic (exact) mass is 444 g/mol. The van der Waals surface area contributed by atoms with E-state index >= 15 is 0 Å². The number of amides is 2. The quantitative estimate of drug-likeness (QED) is 0.604. The Morgan fingerprint density at radius 1 is 1.06 bits per heavy atom. The summed E-state index contributed by atoms with van der Waals surface area (Å²) < 4.78 is 29.2.